The van der Waals surface area contributed by atoms with Gasteiger partial charge in [-0.05, 0) is 49.5 Å². The van der Waals surface area contributed by atoms with Gasteiger partial charge in [0.1, 0.15) is 0 Å². The predicted octanol–water partition coefficient (Wildman–Crippen LogP) is 2.63. The molecule has 0 fully saturated rings. The van der Waals surface area contributed by atoms with Crippen molar-refractivity contribution in [3.8, 4) is 0 Å². The molecule has 1 aromatic carbocycles. The third-order valence-corrected chi connectivity index (χ3v) is 5.51. The minimum atomic E-state index is -3.62. The lowest BCUT2D eigenvalue weighted by molar-refractivity contribution is 0.265. The quantitative estimate of drug-likeness (QED) is 0.888. The van der Waals surface area contributed by atoms with Crippen LogP contribution in [0.3, 0.4) is 0 Å². The Bertz CT molecular complexity index is 664. The van der Waals surface area contributed by atoms with Crippen molar-refractivity contribution < 1.29 is 8.42 Å². The van der Waals surface area contributed by atoms with Crippen molar-refractivity contribution in [3.05, 3.63) is 52.2 Å². The van der Waals surface area contributed by atoms with Crippen LogP contribution in [0.4, 0.5) is 0 Å². The Balaban J connectivity index is 2.00. The Kier molecular flexibility index (Phi) is 5.16. The van der Waals surface area contributed by atoms with Gasteiger partial charge in [0.05, 0.1) is 4.90 Å². The van der Waals surface area contributed by atoms with E-state index in [2.05, 4.69) is 36.4 Å². The monoisotopic (exact) mass is 324 g/mol. The number of likely N-dealkylation sites (N-methyl/N-ethyl adjacent to an activating group) is 1. The van der Waals surface area contributed by atoms with Crippen LogP contribution in [-0.2, 0) is 16.4 Å². The van der Waals surface area contributed by atoms with Crippen LogP contribution >= 0.6 is 11.3 Å². The summed E-state index contributed by atoms with van der Waals surface area (Å²) >= 11 is 1.77. The average Bonchev–Trinajstić information content (AvgIpc) is 2.96. The zero-order valence-corrected chi connectivity index (χ0v) is 13.8. The van der Waals surface area contributed by atoms with Crippen molar-refractivity contribution in [2.24, 2.45) is 5.14 Å². The number of sulfonamides is 1. The number of nitrogens with zero attached hydrogens (tertiary/aromatic N) is 1. The summed E-state index contributed by atoms with van der Waals surface area (Å²) < 4.78 is 22.5. The summed E-state index contributed by atoms with van der Waals surface area (Å²) in [6, 6.07) is 11.2. The molecule has 2 aromatic rings. The van der Waals surface area contributed by atoms with E-state index in [1.54, 1.807) is 23.5 Å². The molecular formula is C15H20N2O2S2. The topological polar surface area (TPSA) is 63.4 Å². The highest BCUT2D eigenvalue weighted by Crippen LogP contribution is 2.21. The Morgan fingerprint density at radius 1 is 1.24 bits per heavy atom. The number of hydrogen-bond acceptors (Lipinski definition) is 4. The van der Waals surface area contributed by atoms with Crippen molar-refractivity contribution in [2.75, 3.05) is 13.6 Å². The van der Waals surface area contributed by atoms with Gasteiger partial charge in [0.25, 0.3) is 0 Å². The number of nitrogens with two attached hydrogens (primary N) is 1. The van der Waals surface area contributed by atoms with Crippen molar-refractivity contribution in [1.29, 1.82) is 0 Å². The van der Waals surface area contributed by atoms with Crippen molar-refractivity contribution in [3.63, 3.8) is 0 Å². The first kappa shape index (κ1) is 16.2. The largest absolute Gasteiger partial charge is 0.299 e. The van der Waals surface area contributed by atoms with E-state index in [1.165, 1.54) is 4.88 Å². The minimum absolute atomic E-state index is 0.152. The molecule has 0 spiro atoms. The molecule has 1 atom stereocenters. The number of thiophene rings is 1. The van der Waals surface area contributed by atoms with E-state index in [-0.39, 0.29) is 10.9 Å². The van der Waals surface area contributed by atoms with Crippen LogP contribution in [0.25, 0.3) is 0 Å². The SMILES string of the molecule is CC(c1ccc(S(N)(=O)=O)cc1)N(C)CCc1cccs1. The Morgan fingerprint density at radius 2 is 1.90 bits per heavy atom. The molecule has 6 heteroatoms. The van der Waals surface area contributed by atoms with Crippen LogP contribution in [0.2, 0.25) is 0 Å². The molecule has 114 valence electrons. The van der Waals surface area contributed by atoms with Gasteiger partial charge in [0, 0.05) is 17.5 Å². The lowest BCUT2D eigenvalue weighted by Crippen LogP contribution is -2.24. The highest BCUT2D eigenvalue weighted by Gasteiger charge is 2.13. The third kappa shape index (κ3) is 4.38. The second kappa shape index (κ2) is 6.70. The number of primary sulfonamides is 1. The fourth-order valence-corrected chi connectivity index (χ4v) is 3.34. The van der Waals surface area contributed by atoms with Crippen LogP contribution in [0.15, 0.2) is 46.7 Å². The summed E-state index contributed by atoms with van der Waals surface area (Å²) in [4.78, 5) is 3.78. The van der Waals surface area contributed by atoms with Crippen molar-refractivity contribution in [2.45, 2.75) is 24.3 Å². The maximum absolute atomic E-state index is 11.3. The first-order valence-electron chi connectivity index (χ1n) is 6.73. The van der Waals surface area contributed by atoms with E-state index >= 15 is 0 Å². The second-order valence-corrected chi connectivity index (χ2v) is 7.69. The van der Waals surface area contributed by atoms with E-state index in [1.807, 2.05) is 12.1 Å². The maximum atomic E-state index is 11.3. The van der Waals surface area contributed by atoms with E-state index in [0.717, 1.165) is 18.5 Å². The van der Waals surface area contributed by atoms with Crippen molar-refractivity contribution >= 4 is 21.4 Å². The summed E-state index contributed by atoms with van der Waals surface area (Å²) in [6.07, 6.45) is 1.02. The Labute approximate surface area is 130 Å². The van der Waals surface area contributed by atoms with Crippen LogP contribution in [0, 0.1) is 0 Å². The molecule has 1 unspecified atom stereocenters. The summed E-state index contributed by atoms with van der Waals surface area (Å²) in [5.74, 6) is 0. The summed E-state index contributed by atoms with van der Waals surface area (Å²) in [5.41, 5.74) is 1.08. The van der Waals surface area contributed by atoms with Gasteiger partial charge in [-0.25, -0.2) is 13.6 Å². The van der Waals surface area contributed by atoms with Gasteiger partial charge >= 0.3 is 0 Å². The van der Waals surface area contributed by atoms with Gasteiger partial charge in [0.15, 0.2) is 0 Å². The number of hydrogen-bond donors (Lipinski definition) is 1. The smallest absolute Gasteiger partial charge is 0.238 e. The van der Waals surface area contributed by atoms with Crippen LogP contribution in [-0.4, -0.2) is 26.9 Å². The molecule has 0 radical (unpaired) electrons. The molecule has 0 aliphatic carbocycles. The number of benzene rings is 1. The normalized spacial score (nSPS) is 13.5. The highest BCUT2D eigenvalue weighted by atomic mass is 32.2. The Morgan fingerprint density at radius 3 is 2.43 bits per heavy atom. The molecule has 0 amide bonds. The first-order chi connectivity index (χ1) is 9.88. The third-order valence-electron chi connectivity index (χ3n) is 3.64. The van der Waals surface area contributed by atoms with Crippen LogP contribution < -0.4 is 5.14 Å². The zero-order valence-electron chi connectivity index (χ0n) is 12.2. The second-order valence-electron chi connectivity index (χ2n) is 5.10. The van der Waals surface area contributed by atoms with Crippen molar-refractivity contribution in [1.82, 2.24) is 4.90 Å². The number of rotatable bonds is 6. The van der Waals surface area contributed by atoms with Gasteiger partial charge in [-0.15, -0.1) is 11.3 Å². The lowest BCUT2D eigenvalue weighted by atomic mass is 10.1. The molecule has 2 rings (SSSR count). The molecule has 21 heavy (non-hydrogen) atoms. The molecule has 0 saturated carbocycles. The summed E-state index contributed by atoms with van der Waals surface area (Å²) in [5, 5.41) is 7.20. The van der Waals surface area contributed by atoms with E-state index in [4.69, 9.17) is 5.14 Å². The Hall–Kier alpha value is -1.21. The van der Waals surface area contributed by atoms with Gasteiger partial charge in [-0.3, -0.25) is 4.90 Å². The predicted molar refractivity (Wildman–Crippen MR) is 86.9 cm³/mol. The zero-order chi connectivity index (χ0) is 15.5. The highest BCUT2D eigenvalue weighted by molar-refractivity contribution is 7.89. The molecule has 2 N–H and O–H groups in total. The van der Waals surface area contributed by atoms with Crippen LogP contribution in [0.5, 0.6) is 0 Å². The molecule has 0 aliphatic rings. The van der Waals surface area contributed by atoms with Crippen LogP contribution in [0.1, 0.15) is 23.4 Å². The summed E-state index contributed by atoms with van der Waals surface area (Å²) in [7, 11) is -1.54. The van der Waals surface area contributed by atoms with Gasteiger partial charge in [-0.2, -0.15) is 0 Å². The average molecular weight is 324 g/mol. The molecule has 1 heterocycles. The lowest BCUT2D eigenvalue weighted by Gasteiger charge is -2.25. The standard InChI is InChI=1S/C15H20N2O2S2/c1-12(17(2)10-9-14-4-3-11-20-14)13-5-7-15(8-6-13)21(16,18)19/h3-8,11-12H,9-10H2,1-2H3,(H2,16,18,19). The molecule has 0 saturated heterocycles. The maximum Gasteiger partial charge on any atom is 0.238 e. The minimum Gasteiger partial charge on any atom is -0.299 e. The fraction of sp³-hybridized carbons (Fsp3) is 0.333. The molecule has 0 bridgehead atoms. The fourth-order valence-electron chi connectivity index (χ4n) is 2.13. The van der Waals surface area contributed by atoms with Gasteiger partial charge < -0.3 is 0 Å². The molecular weight excluding hydrogens is 304 g/mol. The van der Waals surface area contributed by atoms with E-state index in [0.29, 0.717) is 0 Å². The molecule has 4 nitrogen and oxygen atoms in total. The van der Waals surface area contributed by atoms with Gasteiger partial charge in [-0.1, -0.05) is 18.2 Å². The van der Waals surface area contributed by atoms with E-state index in [9.17, 15) is 8.42 Å². The molecule has 0 aliphatic heterocycles. The molecule has 1 aromatic heterocycles. The van der Waals surface area contributed by atoms with Gasteiger partial charge in [0.2, 0.25) is 10.0 Å². The first-order valence-corrected chi connectivity index (χ1v) is 9.16. The van der Waals surface area contributed by atoms with E-state index < -0.39 is 10.0 Å². The summed E-state index contributed by atoms with van der Waals surface area (Å²) in [6.45, 7) is 3.07.